The molecule has 1 amide bonds. The average Bonchev–Trinajstić information content (AvgIpc) is 3.34. The highest BCUT2D eigenvalue weighted by Gasteiger charge is 2.20. The van der Waals surface area contributed by atoms with Crippen molar-refractivity contribution >= 4 is 5.91 Å². The highest BCUT2D eigenvalue weighted by Crippen LogP contribution is 2.38. The second-order valence-corrected chi connectivity index (χ2v) is 7.06. The van der Waals surface area contributed by atoms with Crippen molar-refractivity contribution in [1.29, 1.82) is 0 Å². The Bertz CT molecular complexity index is 1020. The van der Waals surface area contributed by atoms with Crippen molar-refractivity contribution in [2.75, 3.05) is 20.9 Å². The molecule has 0 spiro atoms. The SMILES string of the molecule is Cc1cc2c(cc1-c1nccn1-c1ccccc1CCC(=O)N(C)C)OCO2. The van der Waals surface area contributed by atoms with Gasteiger partial charge >= 0.3 is 0 Å². The summed E-state index contributed by atoms with van der Waals surface area (Å²) < 4.78 is 13.1. The summed E-state index contributed by atoms with van der Waals surface area (Å²) >= 11 is 0. The lowest BCUT2D eigenvalue weighted by atomic mass is 10.0. The molecule has 4 rings (SSSR count). The predicted molar refractivity (Wildman–Crippen MR) is 107 cm³/mol. The van der Waals surface area contributed by atoms with Crippen molar-refractivity contribution < 1.29 is 14.3 Å². The van der Waals surface area contributed by atoms with Gasteiger partial charge in [0.15, 0.2) is 11.5 Å². The van der Waals surface area contributed by atoms with Crippen LogP contribution in [-0.2, 0) is 11.2 Å². The van der Waals surface area contributed by atoms with Crippen LogP contribution >= 0.6 is 0 Å². The van der Waals surface area contributed by atoms with Crippen molar-refractivity contribution in [3.8, 4) is 28.6 Å². The van der Waals surface area contributed by atoms with E-state index in [1.807, 2.05) is 37.4 Å². The van der Waals surface area contributed by atoms with Gasteiger partial charge < -0.3 is 14.4 Å². The van der Waals surface area contributed by atoms with Crippen LogP contribution in [0.15, 0.2) is 48.8 Å². The Kier molecular flexibility index (Phi) is 4.77. The number of hydrogen-bond acceptors (Lipinski definition) is 4. The zero-order chi connectivity index (χ0) is 19.7. The fraction of sp³-hybridized carbons (Fsp3) is 0.273. The minimum absolute atomic E-state index is 0.118. The molecule has 0 saturated carbocycles. The van der Waals surface area contributed by atoms with E-state index in [4.69, 9.17) is 9.47 Å². The molecule has 1 aliphatic rings. The highest BCUT2D eigenvalue weighted by molar-refractivity contribution is 5.76. The molecule has 0 atom stereocenters. The number of ether oxygens (including phenoxy) is 2. The molecule has 0 fully saturated rings. The van der Waals surface area contributed by atoms with E-state index in [-0.39, 0.29) is 12.7 Å². The summed E-state index contributed by atoms with van der Waals surface area (Å²) in [7, 11) is 3.56. The van der Waals surface area contributed by atoms with Crippen LogP contribution in [-0.4, -0.2) is 41.2 Å². The standard InChI is InChI=1S/C22H23N3O3/c1-15-12-19-20(28-14-27-19)13-17(15)22-23-10-11-25(22)18-7-5-4-6-16(18)8-9-21(26)24(2)3/h4-7,10-13H,8-9,14H2,1-3H3. The summed E-state index contributed by atoms with van der Waals surface area (Å²) in [5.74, 6) is 2.46. The number of imidazole rings is 1. The zero-order valence-corrected chi connectivity index (χ0v) is 16.3. The van der Waals surface area contributed by atoms with Gasteiger partial charge in [-0.05, 0) is 42.7 Å². The van der Waals surface area contributed by atoms with Gasteiger partial charge in [0.25, 0.3) is 0 Å². The summed E-state index contributed by atoms with van der Waals surface area (Å²) in [6.45, 7) is 2.29. The van der Waals surface area contributed by atoms with E-state index in [1.54, 1.807) is 25.2 Å². The normalized spacial score (nSPS) is 12.2. The Balaban J connectivity index is 1.72. The Hall–Kier alpha value is -3.28. The second kappa shape index (κ2) is 7.38. The molecular formula is C22H23N3O3. The van der Waals surface area contributed by atoms with Crippen LogP contribution in [0.25, 0.3) is 17.1 Å². The molecule has 1 aromatic heterocycles. The third kappa shape index (κ3) is 3.33. The van der Waals surface area contributed by atoms with Gasteiger partial charge in [-0.15, -0.1) is 0 Å². The third-order valence-corrected chi connectivity index (χ3v) is 4.96. The molecule has 2 aromatic carbocycles. The zero-order valence-electron chi connectivity index (χ0n) is 16.3. The largest absolute Gasteiger partial charge is 0.454 e. The maximum atomic E-state index is 12.0. The fourth-order valence-electron chi connectivity index (χ4n) is 3.40. The molecule has 144 valence electrons. The first-order valence-electron chi connectivity index (χ1n) is 9.27. The minimum atomic E-state index is 0.118. The topological polar surface area (TPSA) is 56.6 Å². The second-order valence-electron chi connectivity index (χ2n) is 7.06. The summed E-state index contributed by atoms with van der Waals surface area (Å²) in [6, 6.07) is 12.1. The van der Waals surface area contributed by atoms with Crippen molar-refractivity contribution in [3.05, 3.63) is 59.9 Å². The molecule has 1 aliphatic heterocycles. The first kappa shape index (κ1) is 18.1. The molecule has 0 unspecified atom stereocenters. The molecule has 6 nitrogen and oxygen atoms in total. The van der Waals surface area contributed by atoms with E-state index < -0.39 is 0 Å². The van der Waals surface area contributed by atoms with Crippen molar-refractivity contribution in [2.45, 2.75) is 19.8 Å². The number of para-hydroxylation sites is 1. The third-order valence-electron chi connectivity index (χ3n) is 4.96. The van der Waals surface area contributed by atoms with Gasteiger partial charge in [0.2, 0.25) is 12.7 Å². The number of rotatable bonds is 5. The highest BCUT2D eigenvalue weighted by atomic mass is 16.7. The van der Waals surface area contributed by atoms with Crippen molar-refractivity contribution in [1.82, 2.24) is 14.5 Å². The number of carbonyl (C=O) groups excluding carboxylic acids is 1. The van der Waals surface area contributed by atoms with Gasteiger partial charge in [-0.2, -0.15) is 0 Å². The molecule has 28 heavy (non-hydrogen) atoms. The summed E-state index contributed by atoms with van der Waals surface area (Å²) in [5, 5.41) is 0. The fourth-order valence-corrected chi connectivity index (χ4v) is 3.40. The molecular weight excluding hydrogens is 354 g/mol. The maximum absolute atomic E-state index is 12.0. The Morgan fingerprint density at radius 2 is 1.93 bits per heavy atom. The number of aryl methyl sites for hydroxylation is 2. The van der Waals surface area contributed by atoms with Crippen LogP contribution < -0.4 is 9.47 Å². The van der Waals surface area contributed by atoms with Gasteiger partial charge in [0.1, 0.15) is 5.82 Å². The van der Waals surface area contributed by atoms with Gasteiger partial charge in [0, 0.05) is 38.5 Å². The molecule has 3 aromatic rings. The average molecular weight is 377 g/mol. The van der Waals surface area contributed by atoms with Crippen LogP contribution in [0.4, 0.5) is 0 Å². The summed E-state index contributed by atoms with van der Waals surface area (Å²) in [6.07, 6.45) is 4.88. The number of aromatic nitrogens is 2. The molecule has 0 aliphatic carbocycles. The molecule has 2 heterocycles. The van der Waals surface area contributed by atoms with Gasteiger partial charge in [-0.3, -0.25) is 9.36 Å². The number of amides is 1. The Morgan fingerprint density at radius 1 is 1.18 bits per heavy atom. The quantitative estimate of drug-likeness (QED) is 0.682. The van der Waals surface area contributed by atoms with Crippen molar-refractivity contribution in [3.63, 3.8) is 0 Å². The van der Waals surface area contributed by atoms with Crippen LogP contribution in [0.5, 0.6) is 11.5 Å². The van der Waals surface area contributed by atoms with E-state index >= 15 is 0 Å². The van der Waals surface area contributed by atoms with Crippen LogP contribution in [0.3, 0.4) is 0 Å². The van der Waals surface area contributed by atoms with Crippen LogP contribution in [0.1, 0.15) is 17.5 Å². The first-order chi connectivity index (χ1) is 13.5. The Labute approximate surface area is 164 Å². The monoisotopic (exact) mass is 377 g/mol. The molecule has 0 saturated heterocycles. The van der Waals surface area contributed by atoms with Crippen molar-refractivity contribution in [2.24, 2.45) is 0 Å². The first-order valence-corrected chi connectivity index (χ1v) is 9.27. The predicted octanol–water partition coefficient (Wildman–Crippen LogP) is 3.60. The lowest BCUT2D eigenvalue weighted by Crippen LogP contribution is -2.22. The molecule has 0 N–H and O–H groups in total. The van der Waals surface area contributed by atoms with Gasteiger partial charge in [0.05, 0.1) is 5.69 Å². The van der Waals surface area contributed by atoms with E-state index in [0.717, 1.165) is 39.7 Å². The number of hydrogen-bond donors (Lipinski definition) is 0. The molecule has 0 radical (unpaired) electrons. The van der Waals surface area contributed by atoms with Gasteiger partial charge in [-0.1, -0.05) is 18.2 Å². The smallest absolute Gasteiger partial charge is 0.231 e. The number of fused-ring (bicyclic) bond motifs is 1. The number of carbonyl (C=O) groups is 1. The lowest BCUT2D eigenvalue weighted by Gasteiger charge is -2.15. The van der Waals surface area contributed by atoms with Crippen LogP contribution in [0.2, 0.25) is 0 Å². The Morgan fingerprint density at radius 3 is 2.71 bits per heavy atom. The van der Waals surface area contributed by atoms with E-state index in [9.17, 15) is 4.79 Å². The van der Waals surface area contributed by atoms with E-state index in [0.29, 0.717) is 12.8 Å². The van der Waals surface area contributed by atoms with Gasteiger partial charge in [-0.25, -0.2) is 4.98 Å². The molecule has 0 bridgehead atoms. The molecule has 6 heteroatoms. The maximum Gasteiger partial charge on any atom is 0.231 e. The lowest BCUT2D eigenvalue weighted by molar-refractivity contribution is -0.128. The minimum Gasteiger partial charge on any atom is -0.454 e. The number of benzene rings is 2. The summed E-state index contributed by atoms with van der Waals surface area (Å²) in [4.78, 5) is 18.3. The number of nitrogens with zero attached hydrogens (tertiary/aromatic N) is 3. The van der Waals surface area contributed by atoms with E-state index in [2.05, 4.69) is 21.7 Å². The summed E-state index contributed by atoms with van der Waals surface area (Å²) in [5.41, 5.74) is 4.19. The van der Waals surface area contributed by atoms with E-state index in [1.165, 1.54) is 0 Å². The van der Waals surface area contributed by atoms with Crippen LogP contribution in [0, 0.1) is 6.92 Å².